The van der Waals surface area contributed by atoms with Crippen molar-refractivity contribution in [1.29, 1.82) is 0 Å². The van der Waals surface area contributed by atoms with Crippen molar-refractivity contribution in [3.05, 3.63) is 43.8 Å². The number of rotatable bonds is 1. The molecule has 0 unspecified atom stereocenters. The Morgan fingerprint density at radius 2 is 2.14 bits per heavy atom. The molecule has 1 N–H and O–H groups in total. The Kier molecular flexibility index (Phi) is 2.67. The molecule has 0 aliphatic rings. The molecule has 0 saturated carbocycles. The van der Waals surface area contributed by atoms with Crippen LogP contribution in [0.3, 0.4) is 0 Å². The van der Waals surface area contributed by atoms with Gasteiger partial charge in [0.1, 0.15) is 0 Å². The average molecular weight is 271 g/mol. The number of aliphatic hydroxyl groups is 1. The zero-order valence-electron chi connectivity index (χ0n) is 7.16. The highest BCUT2D eigenvalue weighted by molar-refractivity contribution is 9.10. The van der Waals surface area contributed by atoms with Crippen LogP contribution in [0.5, 0.6) is 0 Å². The fraction of sp³-hybridized carbons (Fsp3) is 0.100. The third kappa shape index (κ3) is 1.73. The maximum absolute atomic E-state index is 11.6. The Bertz CT molecular complexity index is 533. The topological polar surface area (TPSA) is 37.3 Å². The van der Waals surface area contributed by atoms with Gasteiger partial charge >= 0.3 is 0 Å². The molecule has 14 heavy (non-hydrogen) atoms. The SMILES string of the molecule is O=c1cc(CO)sc2ccc(Br)cc12. The second-order valence-electron chi connectivity index (χ2n) is 2.88. The summed E-state index contributed by atoms with van der Waals surface area (Å²) in [6.07, 6.45) is 0. The molecule has 0 aliphatic carbocycles. The van der Waals surface area contributed by atoms with Gasteiger partial charge in [0.05, 0.1) is 6.61 Å². The minimum Gasteiger partial charge on any atom is -0.391 e. The summed E-state index contributed by atoms with van der Waals surface area (Å²) in [5, 5.41) is 9.63. The van der Waals surface area contributed by atoms with Gasteiger partial charge in [-0.05, 0) is 18.2 Å². The Hall–Kier alpha value is -0.710. The first-order valence-corrected chi connectivity index (χ1v) is 5.65. The number of hydrogen-bond acceptors (Lipinski definition) is 3. The number of halogens is 1. The van der Waals surface area contributed by atoms with E-state index in [0.29, 0.717) is 10.3 Å². The van der Waals surface area contributed by atoms with Crippen molar-refractivity contribution < 1.29 is 5.11 Å². The van der Waals surface area contributed by atoms with Gasteiger partial charge in [-0.15, -0.1) is 11.3 Å². The molecule has 0 fully saturated rings. The summed E-state index contributed by atoms with van der Waals surface area (Å²) in [6.45, 7) is -0.0775. The molecule has 0 radical (unpaired) electrons. The highest BCUT2D eigenvalue weighted by atomic mass is 79.9. The lowest BCUT2D eigenvalue weighted by Gasteiger charge is -1.99. The van der Waals surface area contributed by atoms with E-state index < -0.39 is 0 Å². The molecule has 1 heterocycles. The van der Waals surface area contributed by atoms with Crippen LogP contribution in [0.15, 0.2) is 33.5 Å². The van der Waals surface area contributed by atoms with Crippen LogP contribution >= 0.6 is 27.3 Å². The van der Waals surface area contributed by atoms with E-state index >= 15 is 0 Å². The van der Waals surface area contributed by atoms with Crippen LogP contribution < -0.4 is 5.43 Å². The van der Waals surface area contributed by atoms with E-state index in [0.717, 1.165) is 9.17 Å². The molecule has 0 aliphatic heterocycles. The first-order chi connectivity index (χ1) is 6.70. The Morgan fingerprint density at radius 3 is 2.86 bits per heavy atom. The van der Waals surface area contributed by atoms with Crippen molar-refractivity contribution in [2.75, 3.05) is 0 Å². The van der Waals surface area contributed by atoms with Crippen LogP contribution in [-0.4, -0.2) is 5.11 Å². The van der Waals surface area contributed by atoms with Gasteiger partial charge in [0, 0.05) is 25.5 Å². The molecule has 0 spiro atoms. The first-order valence-electron chi connectivity index (χ1n) is 4.04. The second-order valence-corrected chi connectivity index (χ2v) is 4.96. The largest absolute Gasteiger partial charge is 0.391 e. The third-order valence-electron chi connectivity index (χ3n) is 1.90. The number of benzene rings is 1. The zero-order valence-corrected chi connectivity index (χ0v) is 9.56. The highest BCUT2D eigenvalue weighted by Gasteiger charge is 2.02. The second kappa shape index (κ2) is 3.81. The summed E-state index contributed by atoms with van der Waals surface area (Å²) in [5.41, 5.74) is -0.0379. The fourth-order valence-electron chi connectivity index (χ4n) is 1.26. The van der Waals surface area contributed by atoms with Crippen molar-refractivity contribution in [1.82, 2.24) is 0 Å². The predicted octanol–water partition coefficient (Wildman–Crippen LogP) is 2.52. The van der Waals surface area contributed by atoms with E-state index in [1.54, 1.807) is 6.07 Å². The molecule has 2 aromatic rings. The summed E-state index contributed by atoms with van der Waals surface area (Å²) in [5.74, 6) is 0. The van der Waals surface area contributed by atoms with Crippen molar-refractivity contribution in [3.8, 4) is 0 Å². The molecule has 0 atom stereocenters. The highest BCUT2D eigenvalue weighted by Crippen LogP contribution is 2.22. The van der Waals surface area contributed by atoms with Gasteiger partial charge in [0.15, 0.2) is 5.43 Å². The van der Waals surface area contributed by atoms with Gasteiger partial charge in [-0.1, -0.05) is 15.9 Å². The molecule has 1 aromatic heterocycles. The Morgan fingerprint density at radius 1 is 1.36 bits per heavy atom. The van der Waals surface area contributed by atoms with E-state index in [4.69, 9.17) is 5.11 Å². The smallest absolute Gasteiger partial charge is 0.188 e. The van der Waals surface area contributed by atoms with Gasteiger partial charge in [-0.3, -0.25) is 4.79 Å². The van der Waals surface area contributed by atoms with Crippen molar-refractivity contribution in [3.63, 3.8) is 0 Å². The van der Waals surface area contributed by atoms with E-state index in [9.17, 15) is 4.79 Å². The lowest BCUT2D eigenvalue weighted by Crippen LogP contribution is -2.00. The lowest BCUT2D eigenvalue weighted by atomic mass is 10.2. The van der Waals surface area contributed by atoms with Crippen LogP contribution in [0, 0.1) is 0 Å². The van der Waals surface area contributed by atoms with Crippen LogP contribution in [0.25, 0.3) is 10.1 Å². The monoisotopic (exact) mass is 270 g/mol. The maximum Gasteiger partial charge on any atom is 0.188 e. The molecule has 4 heteroatoms. The maximum atomic E-state index is 11.6. The summed E-state index contributed by atoms with van der Waals surface area (Å²) in [4.78, 5) is 12.3. The molecular formula is C10H7BrO2S. The zero-order chi connectivity index (χ0) is 10.1. The van der Waals surface area contributed by atoms with E-state index in [-0.39, 0.29) is 12.0 Å². The summed E-state index contributed by atoms with van der Waals surface area (Å²) >= 11 is 4.76. The van der Waals surface area contributed by atoms with Crippen LogP contribution in [0.4, 0.5) is 0 Å². The third-order valence-corrected chi connectivity index (χ3v) is 3.47. The number of aliphatic hydroxyl groups excluding tert-OH is 1. The van der Waals surface area contributed by atoms with Crippen molar-refractivity contribution in [2.45, 2.75) is 6.61 Å². The Balaban J connectivity index is 2.83. The predicted molar refractivity (Wildman–Crippen MR) is 61.7 cm³/mol. The molecule has 0 saturated heterocycles. The molecular weight excluding hydrogens is 264 g/mol. The van der Waals surface area contributed by atoms with Crippen LogP contribution in [0.2, 0.25) is 0 Å². The van der Waals surface area contributed by atoms with Crippen molar-refractivity contribution in [2.24, 2.45) is 0 Å². The first kappa shape index (κ1) is 9.83. The molecule has 0 amide bonds. The van der Waals surface area contributed by atoms with E-state index in [2.05, 4.69) is 15.9 Å². The molecule has 0 bridgehead atoms. The van der Waals surface area contributed by atoms with Gasteiger partial charge < -0.3 is 5.11 Å². The van der Waals surface area contributed by atoms with Gasteiger partial charge in [-0.25, -0.2) is 0 Å². The van der Waals surface area contributed by atoms with Gasteiger partial charge in [-0.2, -0.15) is 0 Å². The summed E-state index contributed by atoms with van der Waals surface area (Å²) in [6, 6.07) is 7.05. The Labute approximate surface area is 93.0 Å². The van der Waals surface area contributed by atoms with Crippen LogP contribution in [-0.2, 0) is 6.61 Å². The van der Waals surface area contributed by atoms with Crippen molar-refractivity contribution >= 4 is 37.4 Å². The molecule has 1 aromatic carbocycles. The molecule has 2 rings (SSSR count). The van der Waals surface area contributed by atoms with Gasteiger partial charge in [0.2, 0.25) is 0 Å². The van der Waals surface area contributed by atoms with Crippen LogP contribution in [0.1, 0.15) is 4.88 Å². The number of hydrogen-bond donors (Lipinski definition) is 1. The van der Waals surface area contributed by atoms with E-state index in [1.165, 1.54) is 17.4 Å². The quantitative estimate of drug-likeness (QED) is 0.865. The normalized spacial score (nSPS) is 10.7. The summed E-state index contributed by atoms with van der Waals surface area (Å²) < 4.78 is 1.80. The van der Waals surface area contributed by atoms with E-state index in [1.807, 2.05) is 12.1 Å². The molecule has 2 nitrogen and oxygen atoms in total. The van der Waals surface area contributed by atoms with Gasteiger partial charge in [0.25, 0.3) is 0 Å². The molecule has 72 valence electrons. The standard InChI is InChI=1S/C10H7BrO2S/c11-6-1-2-10-8(3-6)9(13)4-7(5-12)14-10/h1-4,12H,5H2. The average Bonchev–Trinajstić information content (AvgIpc) is 2.19. The minimum absolute atomic E-state index is 0.0379. The lowest BCUT2D eigenvalue weighted by molar-refractivity contribution is 0.285. The number of fused-ring (bicyclic) bond motifs is 1. The minimum atomic E-state index is -0.0775. The fourth-order valence-corrected chi connectivity index (χ4v) is 2.54. The summed E-state index contributed by atoms with van der Waals surface area (Å²) in [7, 11) is 0.